The zero-order valence-electron chi connectivity index (χ0n) is 14.3. The number of nitrogens with two attached hydrogens (primary N) is 1. The minimum absolute atomic E-state index is 0.0224. The summed E-state index contributed by atoms with van der Waals surface area (Å²) in [7, 11) is 0. The molecule has 3 N–H and O–H groups in total. The van der Waals surface area contributed by atoms with Gasteiger partial charge in [0, 0.05) is 22.3 Å². The largest absolute Gasteiger partial charge is 0.335 e. The van der Waals surface area contributed by atoms with Gasteiger partial charge in [-0.25, -0.2) is 4.68 Å². The maximum absolute atomic E-state index is 12.2. The number of hydrogen-bond donors (Lipinski definition) is 2. The van der Waals surface area contributed by atoms with Crippen molar-refractivity contribution in [3.05, 3.63) is 61.6 Å². The van der Waals surface area contributed by atoms with Gasteiger partial charge in [0.05, 0.1) is 15.7 Å². The number of halogens is 3. The zero-order chi connectivity index (χ0) is 21.1. The van der Waals surface area contributed by atoms with Crippen molar-refractivity contribution in [1.82, 2.24) is 14.9 Å². The fourth-order valence-electron chi connectivity index (χ4n) is 2.29. The molecule has 1 heterocycles. The van der Waals surface area contributed by atoms with E-state index < -0.39 is 10.8 Å². The van der Waals surface area contributed by atoms with E-state index in [0.29, 0.717) is 15.6 Å². The van der Waals surface area contributed by atoms with Crippen LogP contribution in [0.1, 0.15) is 0 Å². The van der Waals surface area contributed by atoms with E-state index in [1.165, 1.54) is 22.9 Å². The van der Waals surface area contributed by atoms with Crippen LogP contribution in [0, 0.1) is 10.1 Å². The number of nitrogens with zero attached hydrogens (tertiary/aromatic N) is 4. The Bertz CT molecular complexity index is 1110. The summed E-state index contributed by atoms with van der Waals surface area (Å²) in [5.74, 6) is 5.82. The van der Waals surface area contributed by atoms with E-state index in [1.54, 1.807) is 18.2 Å². The maximum Gasteiger partial charge on any atom is 0.289 e. The first-order valence-electron chi connectivity index (χ1n) is 7.78. The van der Waals surface area contributed by atoms with Crippen molar-refractivity contribution in [1.29, 1.82) is 0 Å². The number of amides is 1. The molecular formula is C16H11Cl3N6O3S. The molecule has 0 atom stereocenters. The fourth-order valence-corrected chi connectivity index (χ4v) is 3.50. The molecule has 3 rings (SSSR count). The van der Waals surface area contributed by atoms with Crippen LogP contribution in [0.5, 0.6) is 0 Å². The van der Waals surface area contributed by atoms with Gasteiger partial charge in [0.15, 0.2) is 5.82 Å². The molecule has 150 valence electrons. The molecule has 0 bridgehead atoms. The van der Waals surface area contributed by atoms with E-state index in [1.807, 2.05) is 0 Å². The summed E-state index contributed by atoms with van der Waals surface area (Å²) < 4.78 is 1.20. The summed E-state index contributed by atoms with van der Waals surface area (Å²) in [4.78, 5) is 22.5. The van der Waals surface area contributed by atoms with Crippen molar-refractivity contribution in [2.24, 2.45) is 0 Å². The molecule has 3 aromatic rings. The van der Waals surface area contributed by atoms with Gasteiger partial charge < -0.3 is 11.2 Å². The SMILES string of the molecule is Nn1c(SCC(=O)Nc2ccc(Cl)c([N+](=O)[O-])c2)nnc1-c1cc(Cl)ccc1Cl. The Hall–Kier alpha value is -2.53. The second-order valence-electron chi connectivity index (χ2n) is 5.56. The highest BCUT2D eigenvalue weighted by Crippen LogP contribution is 2.31. The van der Waals surface area contributed by atoms with Crippen molar-refractivity contribution in [2.75, 3.05) is 16.9 Å². The number of benzene rings is 2. The lowest BCUT2D eigenvalue weighted by molar-refractivity contribution is -0.384. The van der Waals surface area contributed by atoms with Gasteiger partial charge in [-0.1, -0.05) is 46.6 Å². The van der Waals surface area contributed by atoms with E-state index in [-0.39, 0.29) is 33.1 Å². The molecule has 2 aromatic carbocycles. The summed E-state index contributed by atoms with van der Waals surface area (Å²) in [6, 6.07) is 8.81. The predicted octanol–water partition coefficient (Wildman–Crippen LogP) is 4.26. The number of rotatable bonds is 6. The lowest BCUT2D eigenvalue weighted by Crippen LogP contribution is -2.16. The number of aromatic nitrogens is 3. The molecule has 0 saturated heterocycles. The molecule has 13 heteroatoms. The average Bonchev–Trinajstić information content (AvgIpc) is 3.03. The Morgan fingerprint density at radius 2 is 1.90 bits per heavy atom. The quantitative estimate of drug-likeness (QED) is 0.237. The van der Waals surface area contributed by atoms with E-state index in [2.05, 4.69) is 15.5 Å². The van der Waals surface area contributed by atoms with Crippen LogP contribution in [-0.2, 0) is 4.79 Å². The van der Waals surface area contributed by atoms with Crippen molar-refractivity contribution in [2.45, 2.75) is 5.16 Å². The van der Waals surface area contributed by atoms with Crippen LogP contribution in [-0.4, -0.2) is 31.5 Å². The van der Waals surface area contributed by atoms with E-state index in [4.69, 9.17) is 40.6 Å². The first-order chi connectivity index (χ1) is 13.8. The highest BCUT2D eigenvalue weighted by atomic mass is 35.5. The Balaban J connectivity index is 1.69. The van der Waals surface area contributed by atoms with Crippen LogP contribution in [0.4, 0.5) is 11.4 Å². The van der Waals surface area contributed by atoms with Gasteiger partial charge >= 0.3 is 0 Å². The molecule has 0 spiro atoms. The summed E-state index contributed by atoms with van der Waals surface area (Å²) >= 11 is 18.9. The van der Waals surface area contributed by atoms with Crippen molar-refractivity contribution < 1.29 is 9.72 Å². The number of carbonyl (C=O) groups excluding carboxylic acids is 1. The Labute approximate surface area is 183 Å². The summed E-state index contributed by atoms with van der Waals surface area (Å²) in [5.41, 5.74) is 0.438. The number of nitrogens with one attached hydrogen (secondary N) is 1. The molecule has 0 aliphatic heterocycles. The third kappa shape index (κ3) is 4.91. The number of thioether (sulfide) groups is 1. The standard InChI is InChI=1S/C16H11Cl3N6O3S/c17-8-1-3-11(18)10(5-8)15-22-23-16(24(15)20)29-7-14(26)21-9-2-4-12(19)13(6-9)25(27)28/h1-6H,7,20H2,(H,21,26). The van der Waals surface area contributed by atoms with Crippen LogP contribution in [0.2, 0.25) is 15.1 Å². The molecular weight excluding hydrogens is 463 g/mol. The molecule has 0 radical (unpaired) electrons. The molecule has 29 heavy (non-hydrogen) atoms. The lowest BCUT2D eigenvalue weighted by Gasteiger charge is -2.07. The minimum Gasteiger partial charge on any atom is -0.335 e. The van der Waals surface area contributed by atoms with E-state index >= 15 is 0 Å². The zero-order valence-corrected chi connectivity index (χ0v) is 17.4. The predicted molar refractivity (Wildman–Crippen MR) is 113 cm³/mol. The molecule has 0 fully saturated rings. The van der Waals surface area contributed by atoms with Gasteiger partial charge in [0.25, 0.3) is 5.69 Å². The summed E-state index contributed by atoms with van der Waals surface area (Å²) in [6.07, 6.45) is 0. The number of nitrogen functional groups attached to an aromatic ring is 1. The molecule has 0 aliphatic carbocycles. The highest BCUT2D eigenvalue weighted by Gasteiger charge is 2.17. The topological polar surface area (TPSA) is 129 Å². The van der Waals surface area contributed by atoms with E-state index in [9.17, 15) is 14.9 Å². The summed E-state index contributed by atoms with van der Waals surface area (Å²) in [6.45, 7) is 0. The third-order valence-corrected chi connectivity index (χ3v) is 5.42. The van der Waals surface area contributed by atoms with Gasteiger partial charge in [0.1, 0.15) is 5.02 Å². The number of anilines is 1. The normalized spacial score (nSPS) is 10.7. The first-order valence-corrected chi connectivity index (χ1v) is 9.90. The molecule has 0 saturated carbocycles. The van der Waals surface area contributed by atoms with Gasteiger partial charge in [-0.2, -0.15) is 0 Å². The first kappa shape index (κ1) is 21.2. The monoisotopic (exact) mass is 472 g/mol. The molecule has 0 unspecified atom stereocenters. The van der Waals surface area contributed by atoms with E-state index in [0.717, 1.165) is 11.8 Å². The van der Waals surface area contributed by atoms with Crippen molar-refractivity contribution in [3.8, 4) is 11.4 Å². The van der Waals surface area contributed by atoms with Gasteiger partial charge in [0.2, 0.25) is 11.1 Å². The van der Waals surface area contributed by atoms with Gasteiger partial charge in [-0.05, 0) is 30.3 Å². The molecule has 0 aliphatic rings. The van der Waals surface area contributed by atoms with Crippen LogP contribution in [0.25, 0.3) is 11.4 Å². The second kappa shape index (κ2) is 8.87. The highest BCUT2D eigenvalue weighted by molar-refractivity contribution is 7.99. The Morgan fingerprint density at radius 3 is 2.62 bits per heavy atom. The van der Waals surface area contributed by atoms with Crippen LogP contribution in [0.3, 0.4) is 0 Å². The number of hydrogen-bond acceptors (Lipinski definition) is 7. The van der Waals surface area contributed by atoms with Gasteiger partial charge in [-0.15, -0.1) is 10.2 Å². The molecule has 9 nitrogen and oxygen atoms in total. The third-order valence-electron chi connectivity index (χ3n) is 3.59. The van der Waals surface area contributed by atoms with Crippen LogP contribution in [0.15, 0.2) is 41.6 Å². The summed E-state index contributed by atoms with van der Waals surface area (Å²) in [5, 5.41) is 22.5. The Kier molecular flexibility index (Phi) is 6.48. The minimum atomic E-state index is -0.633. The Morgan fingerprint density at radius 1 is 1.17 bits per heavy atom. The lowest BCUT2D eigenvalue weighted by atomic mass is 10.2. The van der Waals surface area contributed by atoms with Crippen molar-refractivity contribution >= 4 is 63.8 Å². The number of nitro benzene ring substituents is 1. The van der Waals surface area contributed by atoms with Crippen molar-refractivity contribution in [3.63, 3.8) is 0 Å². The molecule has 1 aromatic heterocycles. The fraction of sp³-hybridized carbons (Fsp3) is 0.0625. The molecule has 1 amide bonds. The maximum atomic E-state index is 12.2. The van der Waals surface area contributed by atoms with Crippen LogP contribution < -0.4 is 11.2 Å². The average molecular weight is 474 g/mol. The number of nitro groups is 1. The smallest absolute Gasteiger partial charge is 0.289 e. The number of carbonyl (C=O) groups is 1. The van der Waals surface area contributed by atoms with Crippen LogP contribution >= 0.6 is 46.6 Å². The second-order valence-corrected chi connectivity index (χ2v) is 7.75. The van der Waals surface area contributed by atoms with Gasteiger partial charge in [-0.3, -0.25) is 14.9 Å².